The lowest BCUT2D eigenvalue weighted by Gasteiger charge is -2.21. The van der Waals surface area contributed by atoms with Crippen LogP contribution in [-0.2, 0) is 12.0 Å². The fourth-order valence-corrected chi connectivity index (χ4v) is 4.39. The van der Waals surface area contributed by atoms with Crippen molar-refractivity contribution in [2.45, 2.75) is 24.8 Å². The second kappa shape index (κ2) is 4.80. The van der Waals surface area contributed by atoms with Crippen LogP contribution in [0.1, 0.15) is 18.5 Å². The smallest absolute Gasteiger partial charge is 0.0941 e. The number of nitrogens with zero attached hydrogens (tertiary/aromatic N) is 4. The average molecular weight is 319 g/mol. The molecule has 1 unspecified atom stereocenters. The SMILES string of the molecule is CN1CCC2(CCn3nc(-c4cnc5ccc(N)cc5c4)cc32)C1. The van der Waals surface area contributed by atoms with E-state index in [2.05, 4.69) is 33.7 Å². The van der Waals surface area contributed by atoms with Crippen molar-refractivity contribution in [3.8, 4) is 11.3 Å². The highest BCUT2D eigenvalue weighted by Crippen LogP contribution is 2.43. The third-order valence-corrected chi connectivity index (χ3v) is 5.67. The van der Waals surface area contributed by atoms with E-state index < -0.39 is 0 Å². The van der Waals surface area contributed by atoms with Gasteiger partial charge in [-0.15, -0.1) is 0 Å². The third kappa shape index (κ3) is 1.97. The van der Waals surface area contributed by atoms with Gasteiger partial charge in [0.1, 0.15) is 0 Å². The quantitative estimate of drug-likeness (QED) is 0.701. The molecule has 1 aromatic carbocycles. The predicted octanol–water partition coefficient (Wildman–Crippen LogP) is 2.66. The van der Waals surface area contributed by atoms with Crippen LogP contribution in [0.25, 0.3) is 22.2 Å². The van der Waals surface area contributed by atoms with Crippen molar-refractivity contribution in [3.63, 3.8) is 0 Å². The van der Waals surface area contributed by atoms with Crippen molar-refractivity contribution in [2.24, 2.45) is 0 Å². The summed E-state index contributed by atoms with van der Waals surface area (Å²) in [7, 11) is 2.21. The minimum atomic E-state index is 0.300. The van der Waals surface area contributed by atoms with Gasteiger partial charge in [0, 0.05) is 47.0 Å². The van der Waals surface area contributed by atoms with Crippen LogP contribution in [0, 0.1) is 0 Å². The summed E-state index contributed by atoms with van der Waals surface area (Å²) in [5, 5.41) is 5.93. The van der Waals surface area contributed by atoms with Gasteiger partial charge in [0.2, 0.25) is 0 Å². The first-order valence-corrected chi connectivity index (χ1v) is 8.56. The summed E-state index contributed by atoms with van der Waals surface area (Å²) in [6.45, 7) is 3.35. The Balaban J connectivity index is 1.58. The van der Waals surface area contributed by atoms with Gasteiger partial charge in [-0.05, 0) is 56.8 Å². The Morgan fingerprint density at radius 2 is 2.00 bits per heavy atom. The average Bonchev–Trinajstić information content (AvgIpc) is 3.24. The number of benzene rings is 1. The van der Waals surface area contributed by atoms with E-state index in [0.717, 1.165) is 40.9 Å². The Kier molecular flexibility index (Phi) is 2.80. The molecule has 2 aromatic heterocycles. The van der Waals surface area contributed by atoms with Crippen LogP contribution < -0.4 is 5.73 Å². The molecular weight excluding hydrogens is 298 g/mol. The Morgan fingerprint density at radius 3 is 2.83 bits per heavy atom. The first-order valence-electron chi connectivity index (χ1n) is 8.56. The third-order valence-electron chi connectivity index (χ3n) is 5.67. The Morgan fingerprint density at radius 1 is 1.12 bits per heavy atom. The van der Waals surface area contributed by atoms with Gasteiger partial charge >= 0.3 is 0 Å². The molecule has 0 amide bonds. The summed E-state index contributed by atoms with van der Waals surface area (Å²) >= 11 is 0. The number of fused-ring (bicyclic) bond motifs is 3. The zero-order valence-electron chi connectivity index (χ0n) is 13.9. The van der Waals surface area contributed by atoms with E-state index in [0.29, 0.717) is 5.41 Å². The molecule has 2 aliphatic rings. The number of aromatic nitrogens is 3. The number of likely N-dealkylation sites (N-methyl/N-ethyl adjacent to an activating group) is 1. The molecule has 5 heteroatoms. The van der Waals surface area contributed by atoms with E-state index in [-0.39, 0.29) is 0 Å². The van der Waals surface area contributed by atoms with Gasteiger partial charge in [-0.1, -0.05) is 0 Å². The van der Waals surface area contributed by atoms with Crippen LogP contribution in [-0.4, -0.2) is 39.8 Å². The van der Waals surface area contributed by atoms with Gasteiger partial charge < -0.3 is 10.6 Å². The molecular formula is C19H21N5. The molecule has 5 nitrogen and oxygen atoms in total. The van der Waals surface area contributed by atoms with Crippen LogP contribution in [0.15, 0.2) is 36.5 Å². The molecule has 0 saturated carbocycles. The maximum atomic E-state index is 5.91. The van der Waals surface area contributed by atoms with Crippen LogP contribution >= 0.6 is 0 Å². The van der Waals surface area contributed by atoms with Crippen LogP contribution in [0.4, 0.5) is 5.69 Å². The number of nitrogen functional groups attached to an aromatic ring is 1. The highest BCUT2D eigenvalue weighted by Gasteiger charge is 2.44. The molecule has 1 fully saturated rings. The van der Waals surface area contributed by atoms with Crippen molar-refractivity contribution in [2.75, 3.05) is 25.9 Å². The second-order valence-corrected chi connectivity index (χ2v) is 7.33. The highest BCUT2D eigenvalue weighted by atomic mass is 15.3. The van der Waals surface area contributed by atoms with E-state index in [1.165, 1.54) is 25.1 Å². The maximum Gasteiger partial charge on any atom is 0.0941 e. The Labute approximate surface area is 141 Å². The number of hydrogen-bond acceptors (Lipinski definition) is 4. The van der Waals surface area contributed by atoms with Gasteiger partial charge in [0.15, 0.2) is 0 Å². The molecule has 3 aromatic rings. The molecule has 122 valence electrons. The fourth-order valence-electron chi connectivity index (χ4n) is 4.39. The number of pyridine rings is 1. The van der Waals surface area contributed by atoms with Gasteiger partial charge in [-0.25, -0.2) is 0 Å². The monoisotopic (exact) mass is 319 g/mol. The number of rotatable bonds is 1. The maximum absolute atomic E-state index is 5.91. The molecule has 0 aliphatic carbocycles. The number of hydrogen-bond donors (Lipinski definition) is 1. The summed E-state index contributed by atoms with van der Waals surface area (Å²) in [6.07, 6.45) is 4.37. The number of anilines is 1. The van der Waals surface area contributed by atoms with Crippen molar-refractivity contribution >= 4 is 16.6 Å². The Hall–Kier alpha value is -2.40. The molecule has 1 saturated heterocycles. The molecule has 24 heavy (non-hydrogen) atoms. The molecule has 0 bridgehead atoms. The van der Waals surface area contributed by atoms with Crippen LogP contribution in [0.2, 0.25) is 0 Å². The standard InChI is InChI=1S/C19H21N5/c1-23-6-4-19(12-23)5-7-24-18(19)10-17(22-24)14-8-13-9-15(20)2-3-16(13)21-11-14/h2-3,8-11H,4-7,12,20H2,1H3. The van der Waals surface area contributed by atoms with Gasteiger partial charge in [0.05, 0.1) is 11.2 Å². The van der Waals surface area contributed by atoms with E-state index >= 15 is 0 Å². The number of likely N-dealkylation sites (tertiary alicyclic amines) is 1. The lowest BCUT2D eigenvalue weighted by molar-refractivity contribution is 0.366. The topological polar surface area (TPSA) is 60.0 Å². The zero-order valence-corrected chi connectivity index (χ0v) is 13.9. The van der Waals surface area contributed by atoms with Crippen molar-refractivity contribution in [3.05, 3.63) is 42.2 Å². The van der Waals surface area contributed by atoms with E-state index in [1.807, 2.05) is 24.4 Å². The fraction of sp³-hybridized carbons (Fsp3) is 0.368. The zero-order chi connectivity index (χ0) is 16.3. The van der Waals surface area contributed by atoms with E-state index in [4.69, 9.17) is 10.8 Å². The summed E-state index contributed by atoms with van der Waals surface area (Å²) in [5.41, 5.74) is 11.4. The van der Waals surface area contributed by atoms with Crippen LogP contribution in [0.5, 0.6) is 0 Å². The second-order valence-electron chi connectivity index (χ2n) is 7.33. The molecule has 1 spiro atoms. The molecule has 1 atom stereocenters. The first-order chi connectivity index (χ1) is 11.6. The van der Waals surface area contributed by atoms with Crippen molar-refractivity contribution in [1.29, 1.82) is 0 Å². The summed E-state index contributed by atoms with van der Waals surface area (Å²) < 4.78 is 2.21. The van der Waals surface area contributed by atoms with Gasteiger partial charge in [-0.3, -0.25) is 9.67 Å². The lowest BCUT2D eigenvalue weighted by Crippen LogP contribution is -2.26. The molecule has 5 rings (SSSR count). The summed E-state index contributed by atoms with van der Waals surface area (Å²) in [5.74, 6) is 0. The largest absolute Gasteiger partial charge is 0.399 e. The molecule has 0 radical (unpaired) electrons. The minimum Gasteiger partial charge on any atom is -0.399 e. The molecule has 2 aliphatic heterocycles. The summed E-state index contributed by atoms with van der Waals surface area (Å²) in [4.78, 5) is 7.00. The first kappa shape index (κ1) is 14.0. The van der Waals surface area contributed by atoms with Crippen molar-refractivity contribution < 1.29 is 0 Å². The summed E-state index contributed by atoms with van der Waals surface area (Å²) in [6, 6.07) is 10.3. The highest BCUT2D eigenvalue weighted by molar-refractivity contribution is 5.85. The lowest BCUT2D eigenvalue weighted by atomic mass is 9.82. The van der Waals surface area contributed by atoms with Gasteiger partial charge in [-0.2, -0.15) is 5.10 Å². The Bertz CT molecular complexity index is 944. The van der Waals surface area contributed by atoms with Crippen LogP contribution in [0.3, 0.4) is 0 Å². The molecule has 2 N–H and O–H groups in total. The predicted molar refractivity (Wildman–Crippen MR) is 95.8 cm³/mol. The number of aryl methyl sites for hydroxylation is 1. The van der Waals surface area contributed by atoms with E-state index in [9.17, 15) is 0 Å². The molecule has 4 heterocycles. The normalized spacial score (nSPS) is 23.4. The van der Waals surface area contributed by atoms with Crippen molar-refractivity contribution in [1.82, 2.24) is 19.7 Å². The van der Waals surface area contributed by atoms with E-state index in [1.54, 1.807) is 0 Å². The minimum absolute atomic E-state index is 0.300. The van der Waals surface area contributed by atoms with Gasteiger partial charge in [0.25, 0.3) is 0 Å². The number of nitrogens with two attached hydrogens (primary N) is 1.